The molecule has 1 N–H and O–H groups in total. The first-order chi connectivity index (χ1) is 11.5. The van der Waals surface area contributed by atoms with Gasteiger partial charge >= 0.3 is 0 Å². The van der Waals surface area contributed by atoms with E-state index in [2.05, 4.69) is 5.32 Å². The molecule has 0 aromatic heterocycles. The molecule has 24 heavy (non-hydrogen) atoms. The van der Waals surface area contributed by atoms with Gasteiger partial charge in [0.05, 0.1) is 14.2 Å². The Morgan fingerprint density at radius 1 is 1.08 bits per heavy atom. The molecule has 0 aliphatic carbocycles. The smallest absolute Gasteiger partial charge is 0.247 e. The number of amides is 1. The van der Waals surface area contributed by atoms with Crippen molar-refractivity contribution in [3.63, 3.8) is 0 Å². The van der Waals surface area contributed by atoms with Crippen LogP contribution in [0.5, 0.6) is 11.5 Å². The van der Waals surface area contributed by atoms with Gasteiger partial charge in [0.25, 0.3) is 0 Å². The minimum Gasteiger partial charge on any atom is -0.493 e. The topological polar surface area (TPSA) is 47.6 Å². The van der Waals surface area contributed by atoms with E-state index < -0.39 is 0 Å². The van der Waals surface area contributed by atoms with E-state index >= 15 is 0 Å². The second kappa shape index (κ2) is 8.15. The Morgan fingerprint density at radius 2 is 1.75 bits per heavy atom. The first kappa shape index (κ1) is 17.5. The lowest BCUT2D eigenvalue weighted by atomic mass is 10.1. The number of hydrogen-bond donors (Lipinski definition) is 1. The summed E-state index contributed by atoms with van der Waals surface area (Å²) in [5.74, 6) is 0.752. The molecule has 0 atom stereocenters. The van der Waals surface area contributed by atoms with Gasteiger partial charge in [-0.1, -0.05) is 18.2 Å². The third kappa shape index (κ3) is 4.59. The van der Waals surface area contributed by atoms with E-state index in [0.29, 0.717) is 23.6 Å². The standard InChI is InChI=1S/C19H20FNO3/c1-13(10-15-6-9-17(23-2)18(11-15)24-3)19(22)21-12-14-4-7-16(20)8-5-14/h4-11H,12H2,1-3H3,(H,21,22)/b13-10+. The van der Waals surface area contributed by atoms with Crippen LogP contribution in [0, 0.1) is 5.82 Å². The fraction of sp³-hybridized carbons (Fsp3) is 0.211. The maximum Gasteiger partial charge on any atom is 0.247 e. The summed E-state index contributed by atoms with van der Waals surface area (Å²) in [6.07, 6.45) is 1.77. The number of carbonyl (C=O) groups excluding carboxylic acids is 1. The number of ether oxygens (including phenoxy) is 2. The highest BCUT2D eigenvalue weighted by Crippen LogP contribution is 2.28. The normalized spacial score (nSPS) is 11.1. The summed E-state index contributed by atoms with van der Waals surface area (Å²) >= 11 is 0. The van der Waals surface area contributed by atoms with Gasteiger partial charge in [0.15, 0.2) is 11.5 Å². The molecule has 0 fully saturated rings. The monoisotopic (exact) mass is 329 g/mol. The Balaban J connectivity index is 2.04. The van der Waals surface area contributed by atoms with E-state index in [1.54, 1.807) is 51.5 Å². The summed E-state index contributed by atoms with van der Waals surface area (Å²) in [4.78, 5) is 12.2. The van der Waals surface area contributed by atoms with E-state index in [0.717, 1.165) is 11.1 Å². The van der Waals surface area contributed by atoms with E-state index in [1.807, 2.05) is 6.07 Å². The molecule has 0 saturated heterocycles. The molecule has 2 aromatic carbocycles. The molecule has 0 saturated carbocycles. The van der Waals surface area contributed by atoms with Gasteiger partial charge in [-0.2, -0.15) is 0 Å². The SMILES string of the molecule is COc1ccc(/C=C(\C)C(=O)NCc2ccc(F)cc2)cc1OC. The van der Waals surface area contributed by atoms with Crippen molar-refractivity contribution in [3.8, 4) is 11.5 Å². The molecule has 0 bridgehead atoms. The zero-order valence-electron chi connectivity index (χ0n) is 13.9. The van der Waals surface area contributed by atoms with Crippen LogP contribution in [0.3, 0.4) is 0 Å². The van der Waals surface area contributed by atoms with E-state index in [9.17, 15) is 9.18 Å². The fourth-order valence-electron chi connectivity index (χ4n) is 2.18. The minimum absolute atomic E-state index is 0.186. The lowest BCUT2D eigenvalue weighted by Gasteiger charge is -2.09. The fourth-order valence-corrected chi connectivity index (χ4v) is 2.18. The summed E-state index contributed by atoms with van der Waals surface area (Å²) in [7, 11) is 3.13. The summed E-state index contributed by atoms with van der Waals surface area (Å²) in [5, 5.41) is 2.80. The number of carbonyl (C=O) groups is 1. The van der Waals surface area contributed by atoms with Crippen LogP contribution in [0.2, 0.25) is 0 Å². The molecule has 1 amide bonds. The van der Waals surface area contributed by atoms with Crippen LogP contribution in [0.4, 0.5) is 4.39 Å². The number of halogens is 1. The van der Waals surface area contributed by atoms with Crippen molar-refractivity contribution < 1.29 is 18.7 Å². The van der Waals surface area contributed by atoms with Gasteiger partial charge in [-0.25, -0.2) is 4.39 Å². The van der Waals surface area contributed by atoms with Gasteiger partial charge in [-0.05, 0) is 48.4 Å². The van der Waals surface area contributed by atoms with Crippen molar-refractivity contribution in [2.45, 2.75) is 13.5 Å². The number of nitrogens with one attached hydrogen (secondary N) is 1. The van der Waals surface area contributed by atoms with Crippen molar-refractivity contribution in [2.75, 3.05) is 14.2 Å². The Morgan fingerprint density at radius 3 is 2.38 bits per heavy atom. The molecule has 2 rings (SSSR count). The van der Waals surface area contributed by atoms with Crippen molar-refractivity contribution in [1.29, 1.82) is 0 Å². The predicted octanol–water partition coefficient (Wildman–Crippen LogP) is 3.56. The molecule has 0 aliphatic rings. The van der Waals surface area contributed by atoms with E-state index in [-0.39, 0.29) is 11.7 Å². The van der Waals surface area contributed by atoms with Gasteiger partial charge in [0.2, 0.25) is 5.91 Å². The lowest BCUT2D eigenvalue weighted by molar-refractivity contribution is -0.117. The van der Waals surface area contributed by atoms with E-state index in [1.165, 1.54) is 12.1 Å². The van der Waals surface area contributed by atoms with Crippen LogP contribution >= 0.6 is 0 Å². The highest BCUT2D eigenvalue weighted by molar-refractivity contribution is 5.97. The largest absolute Gasteiger partial charge is 0.493 e. The molecule has 0 aliphatic heterocycles. The predicted molar refractivity (Wildman–Crippen MR) is 91.4 cm³/mol. The van der Waals surface area contributed by atoms with Crippen LogP contribution in [0.1, 0.15) is 18.1 Å². The maximum absolute atomic E-state index is 12.9. The zero-order chi connectivity index (χ0) is 17.5. The minimum atomic E-state index is -0.297. The number of methoxy groups -OCH3 is 2. The third-order valence-corrected chi connectivity index (χ3v) is 3.52. The Hall–Kier alpha value is -2.82. The first-order valence-electron chi connectivity index (χ1n) is 7.46. The molecular formula is C19H20FNO3. The molecule has 0 unspecified atom stereocenters. The number of hydrogen-bond acceptors (Lipinski definition) is 3. The molecule has 5 heteroatoms. The molecule has 0 heterocycles. The highest BCUT2D eigenvalue weighted by atomic mass is 19.1. The van der Waals surface area contributed by atoms with Gasteiger partial charge < -0.3 is 14.8 Å². The van der Waals surface area contributed by atoms with Crippen LogP contribution in [-0.2, 0) is 11.3 Å². The summed E-state index contributed by atoms with van der Waals surface area (Å²) < 4.78 is 23.3. The Kier molecular flexibility index (Phi) is 5.95. The summed E-state index contributed by atoms with van der Waals surface area (Å²) in [5.41, 5.74) is 2.23. The van der Waals surface area contributed by atoms with Crippen molar-refractivity contribution in [2.24, 2.45) is 0 Å². The zero-order valence-corrected chi connectivity index (χ0v) is 13.9. The second-order valence-corrected chi connectivity index (χ2v) is 5.25. The Labute approximate surface area is 140 Å². The van der Waals surface area contributed by atoms with E-state index in [4.69, 9.17) is 9.47 Å². The van der Waals surface area contributed by atoms with Crippen molar-refractivity contribution in [1.82, 2.24) is 5.32 Å². The van der Waals surface area contributed by atoms with Gasteiger partial charge in [0.1, 0.15) is 5.82 Å². The lowest BCUT2D eigenvalue weighted by Crippen LogP contribution is -2.23. The summed E-state index contributed by atoms with van der Waals surface area (Å²) in [6, 6.07) is 11.5. The number of rotatable bonds is 6. The quantitative estimate of drug-likeness (QED) is 0.824. The molecule has 0 spiro atoms. The maximum atomic E-state index is 12.9. The third-order valence-electron chi connectivity index (χ3n) is 3.52. The molecule has 4 nitrogen and oxygen atoms in total. The van der Waals surface area contributed by atoms with Crippen LogP contribution in [-0.4, -0.2) is 20.1 Å². The molecule has 0 radical (unpaired) electrons. The van der Waals surface area contributed by atoms with Gasteiger partial charge in [0, 0.05) is 12.1 Å². The van der Waals surface area contributed by atoms with Gasteiger partial charge in [-0.3, -0.25) is 4.79 Å². The average Bonchev–Trinajstić information content (AvgIpc) is 2.60. The first-order valence-corrected chi connectivity index (χ1v) is 7.46. The molecule has 2 aromatic rings. The van der Waals surface area contributed by atoms with Crippen molar-refractivity contribution in [3.05, 3.63) is 65.0 Å². The average molecular weight is 329 g/mol. The molecule has 126 valence electrons. The highest BCUT2D eigenvalue weighted by Gasteiger charge is 2.07. The van der Waals surface area contributed by atoms with Crippen LogP contribution in [0.25, 0.3) is 6.08 Å². The van der Waals surface area contributed by atoms with Gasteiger partial charge in [-0.15, -0.1) is 0 Å². The summed E-state index contributed by atoms with van der Waals surface area (Å²) in [6.45, 7) is 2.08. The molecular weight excluding hydrogens is 309 g/mol. The van der Waals surface area contributed by atoms with Crippen molar-refractivity contribution >= 4 is 12.0 Å². The Bertz CT molecular complexity index is 739. The van der Waals surface area contributed by atoms with Crippen LogP contribution in [0.15, 0.2) is 48.0 Å². The number of benzene rings is 2. The van der Waals surface area contributed by atoms with Crippen LogP contribution < -0.4 is 14.8 Å². The second-order valence-electron chi connectivity index (χ2n) is 5.25.